The normalized spacial score (nSPS) is 22.0. The maximum atomic E-state index is 13.3. The van der Waals surface area contributed by atoms with Gasteiger partial charge >= 0.3 is 0 Å². The topological polar surface area (TPSA) is 24.9 Å². The lowest BCUT2D eigenvalue weighted by Crippen LogP contribution is -2.17. The number of hydrogen-bond acceptors (Lipinski definition) is 2. The molecule has 1 aliphatic heterocycles. The molecule has 3 rings (SSSR count). The molecule has 0 saturated heterocycles. The van der Waals surface area contributed by atoms with E-state index in [4.69, 9.17) is 0 Å². The molecule has 2 heterocycles. The summed E-state index contributed by atoms with van der Waals surface area (Å²) in [5.74, 6) is 0.899. The van der Waals surface area contributed by atoms with Gasteiger partial charge in [0.2, 0.25) is 0 Å². The van der Waals surface area contributed by atoms with E-state index in [9.17, 15) is 4.39 Å². The SMILES string of the molecule is CC1Nc2ncccc2C1c1cccc(F)c1. The van der Waals surface area contributed by atoms with Crippen LogP contribution in [0.4, 0.5) is 10.2 Å². The van der Waals surface area contributed by atoms with E-state index >= 15 is 0 Å². The van der Waals surface area contributed by atoms with Gasteiger partial charge in [-0.05, 0) is 30.7 Å². The quantitative estimate of drug-likeness (QED) is 0.811. The number of halogens is 1. The monoisotopic (exact) mass is 228 g/mol. The van der Waals surface area contributed by atoms with E-state index in [1.807, 2.05) is 12.1 Å². The summed E-state index contributed by atoms with van der Waals surface area (Å²) in [6, 6.07) is 11.0. The summed E-state index contributed by atoms with van der Waals surface area (Å²) in [5.41, 5.74) is 2.14. The fourth-order valence-corrected chi connectivity index (χ4v) is 2.53. The van der Waals surface area contributed by atoms with Crippen molar-refractivity contribution in [3.8, 4) is 0 Å². The van der Waals surface area contributed by atoms with Gasteiger partial charge in [0, 0.05) is 23.7 Å². The Balaban J connectivity index is 2.09. The Hall–Kier alpha value is -1.90. The van der Waals surface area contributed by atoms with Gasteiger partial charge in [-0.25, -0.2) is 9.37 Å². The lowest BCUT2D eigenvalue weighted by molar-refractivity contribution is 0.620. The zero-order valence-electron chi connectivity index (χ0n) is 9.52. The molecule has 17 heavy (non-hydrogen) atoms. The fraction of sp³-hybridized carbons (Fsp3) is 0.214. The first-order valence-electron chi connectivity index (χ1n) is 5.72. The average molecular weight is 228 g/mol. The van der Waals surface area contributed by atoms with Gasteiger partial charge < -0.3 is 5.32 Å². The molecule has 2 atom stereocenters. The smallest absolute Gasteiger partial charge is 0.130 e. The summed E-state index contributed by atoms with van der Waals surface area (Å²) in [5, 5.41) is 3.33. The zero-order valence-corrected chi connectivity index (χ0v) is 9.52. The van der Waals surface area contributed by atoms with Crippen molar-refractivity contribution in [2.75, 3.05) is 5.32 Å². The van der Waals surface area contributed by atoms with E-state index in [1.54, 1.807) is 18.3 Å². The van der Waals surface area contributed by atoms with E-state index in [-0.39, 0.29) is 17.8 Å². The molecular formula is C14H13FN2. The van der Waals surface area contributed by atoms with Crippen LogP contribution in [0.2, 0.25) is 0 Å². The van der Waals surface area contributed by atoms with Crippen LogP contribution < -0.4 is 5.32 Å². The van der Waals surface area contributed by atoms with Crippen molar-refractivity contribution in [2.24, 2.45) is 0 Å². The van der Waals surface area contributed by atoms with Gasteiger partial charge in [-0.15, -0.1) is 0 Å². The highest BCUT2D eigenvalue weighted by molar-refractivity contribution is 5.57. The summed E-state index contributed by atoms with van der Waals surface area (Å²) < 4.78 is 13.3. The van der Waals surface area contributed by atoms with Gasteiger partial charge in [0.1, 0.15) is 11.6 Å². The third kappa shape index (κ3) is 1.68. The number of fused-ring (bicyclic) bond motifs is 1. The maximum absolute atomic E-state index is 13.3. The first-order chi connectivity index (χ1) is 8.25. The molecule has 1 N–H and O–H groups in total. The molecule has 0 spiro atoms. The lowest BCUT2D eigenvalue weighted by Gasteiger charge is -2.16. The molecule has 0 aliphatic carbocycles. The Morgan fingerprint density at radius 3 is 2.94 bits per heavy atom. The standard InChI is InChI=1S/C14H13FN2/c1-9-13(10-4-2-5-11(15)8-10)12-6-3-7-16-14(12)17-9/h2-9,13H,1H3,(H,16,17). The molecule has 0 radical (unpaired) electrons. The van der Waals surface area contributed by atoms with E-state index in [1.165, 1.54) is 6.07 Å². The number of nitrogens with one attached hydrogen (secondary N) is 1. The van der Waals surface area contributed by atoms with Crippen molar-refractivity contribution >= 4 is 5.82 Å². The molecule has 1 aromatic heterocycles. The Labute approximate surface area is 99.5 Å². The summed E-state index contributed by atoms with van der Waals surface area (Å²) in [6.45, 7) is 2.09. The van der Waals surface area contributed by atoms with Crippen LogP contribution in [-0.4, -0.2) is 11.0 Å². The number of pyridine rings is 1. The van der Waals surface area contributed by atoms with Gasteiger partial charge in [0.05, 0.1) is 0 Å². The Kier molecular flexibility index (Phi) is 2.32. The summed E-state index contributed by atoms with van der Waals surface area (Å²) >= 11 is 0. The molecule has 0 amide bonds. The number of aromatic nitrogens is 1. The van der Waals surface area contributed by atoms with Crippen molar-refractivity contribution in [3.63, 3.8) is 0 Å². The third-order valence-electron chi connectivity index (χ3n) is 3.25. The third-order valence-corrected chi connectivity index (χ3v) is 3.25. The van der Waals surface area contributed by atoms with E-state index in [0.29, 0.717) is 0 Å². The minimum Gasteiger partial charge on any atom is -0.366 e. The molecule has 0 bridgehead atoms. The molecule has 1 aromatic carbocycles. The van der Waals surface area contributed by atoms with Crippen LogP contribution in [0.25, 0.3) is 0 Å². The van der Waals surface area contributed by atoms with Crippen LogP contribution >= 0.6 is 0 Å². The molecule has 0 saturated carbocycles. The minimum atomic E-state index is -0.188. The first kappa shape index (κ1) is 10.3. The Morgan fingerprint density at radius 2 is 2.12 bits per heavy atom. The number of anilines is 1. The van der Waals surface area contributed by atoms with Crippen LogP contribution in [-0.2, 0) is 0 Å². The predicted octanol–water partition coefficient (Wildman–Crippen LogP) is 3.17. The second-order valence-electron chi connectivity index (χ2n) is 4.41. The second-order valence-corrected chi connectivity index (χ2v) is 4.41. The lowest BCUT2D eigenvalue weighted by atomic mass is 9.89. The van der Waals surface area contributed by atoms with Gasteiger partial charge in [-0.1, -0.05) is 18.2 Å². The van der Waals surface area contributed by atoms with Gasteiger partial charge in [0.25, 0.3) is 0 Å². The zero-order chi connectivity index (χ0) is 11.8. The Morgan fingerprint density at radius 1 is 1.24 bits per heavy atom. The number of rotatable bonds is 1. The largest absolute Gasteiger partial charge is 0.366 e. The Bertz CT molecular complexity index is 553. The highest BCUT2D eigenvalue weighted by Gasteiger charge is 2.30. The van der Waals surface area contributed by atoms with Gasteiger partial charge in [-0.2, -0.15) is 0 Å². The fourth-order valence-electron chi connectivity index (χ4n) is 2.53. The van der Waals surface area contributed by atoms with Crippen molar-refractivity contribution < 1.29 is 4.39 Å². The molecule has 3 heteroatoms. The highest BCUT2D eigenvalue weighted by atomic mass is 19.1. The number of hydrogen-bond donors (Lipinski definition) is 1. The average Bonchev–Trinajstić information content (AvgIpc) is 2.64. The van der Waals surface area contributed by atoms with Gasteiger partial charge in [-0.3, -0.25) is 0 Å². The molecule has 1 aliphatic rings. The number of nitrogens with zero attached hydrogens (tertiary/aromatic N) is 1. The van der Waals surface area contributed by atoms with Crippen molar-refractivity contribution in [3.05, 3.63) is 59.5 Å². The van der Waals surface area contributed by atoms with Crippen molar-refractivity contribution in [1.82, 2.24) is 4.98 Å². The van der Waals surface area contributed by atoms with Gasteiger partial charge in [0.15, 0.2) is 0 Å². The van der Waals surface area contributed by atoms with E-state index in [0.717, 1.165) is 16.9 Å². The molecule has 0 fully saturated rings. The van der Waals surface area contributed by atoms with Crippen LogP contribution in [0.5, 0.6) is 0 Å². The van der Waals surface area contributed by atoms with Crippen molar-refractivity contribution in [1.29, 1.82) is 0 Å². The van der Waals surface area contributed by atoms with Crippen LogP contribution in [0.15, 0.2) is 42.6 Å². The molecule has 2 unspecified atom stereocenters. The summed E-state index contributed by atoms with van der Waals surface area (Å²) in [7, 11) is 0. The van der Waals surface area contributed by atoms with Crippen LogP contribution in [0.3, 0.4) is 0 Å². The molecule has 86 valence electrons. The van der Waals surface area contributed by atoms with Crippen LogP contribution in [0, 0.1) is 5.82 Å². The number of benzene rings is 1. The highest BCUT2D eigenvalue weighted by Crippen LogP contribution is 2.38. The molecule has 2 nitrogen and oxygen atoms in total. The molecular weight excluding hydrogens is 215 g/mol. The minimum absolute atomic E-state index is 0.175. The van der Waals surface area contributed by atoms with Crippen molar-refractivity contribution in [2.45, 2.75) is 18.9 Å². The van der Waals surface area contributed by atoms with Crippen LogP contribution in [0.1, 0.15) is 24.0 Å². The summed E-state index contributed by atoms with van der Waals surface area (Å²) in [6.07, 6.45) is 1.77. The maximum Gasteiger partial charge on any atom is 0.130 e. The molecule has 2 aromatic rings. The second kappa shape index (κ2) is 3.84. The van der Waals surface area contributed by atoms with E-state index in [2.05, 4.69) is 23.3 Å². The first-order valence-corrected chi connectivity index (χ1v) is 5.72. The summed E-state index contributed by atoms with van der Waals surface area (Å²) in [4.78, 5) is 4.30. The van der Waals surface area contributed by atoms with E-state index < -0.39 is 0 Å². The predicted molar refractivity (Wildman–Crippen MR) is 65.6 cm³/mol.